The van der Waals surface area contributed by atoms with Gasteiger partial charge < -0.3 is 9.64 Å². The number of hydrogen-bond acceptors (Lipinski definition) is 3. The summed E-state index contributed by atoms with van der Waals surface area (Å²) in [6.07, 6.45) is 9.43. The number of carbonyl (C=O) groups excluding carboxylic acids is 2. The second-order valence-corrected chi connectivity index (χ2v) is 8.26. The van der Waals surface area contributed by atoms with E-state index in [0.29, 0.717) is 5.92 Å². The summed E-state index contributed by atoms with van der Waals surface area (Å²) < 4.78 is 5.46. The minimum atomic E-state index is -0.483. The van der Waals surface area contributed by atoms with Crippen molar-refractivity contribution >= 4 is 11.9 Å². The number of rotatable bonds is 5. The van der Waals surface area contributed by atoms with Crippen molar-refractivity contribution in [3.63, 3.8) is 0 Å². The van der Waals surface area contributed by atoms with Crippen molar-refractivity contribution < 1.29 is 14.3 Å². The Balaban J connectivity index is 1.97. The zero-order valence-corrected chi connectivity index (χ0v) is 15.1. The first kappa shape index (κ1) is 18.3. The van der Waals surface area contributed by atoms with Crippen LogP contribution in [0.5, 0.6) is 0 Å². The Bertz CT molecular complexity index is 401. The van der Waals surface area contributed by atoms with Gasteiger partial charge in [0.05, 0.1) is 6.42 Å². The second-order valence-electron chi connectivity index (χ2n) is 8.26. The highest BCUT2D eigenvalue weighted by molar-refractivity contribution is 5.84. The van der Waals surface area contributed by atoms with Crippen LogP contribution in [-0.4, -0.2) is 35.5 Å². The second kappa shape index (κ2) is 8.16. The summed E-state index contributed by atoms with van der Waals surface area (Å²) in [7, 11) is 0. The Morgan fingerprint density at radius 3 is 2.22 bits per heavy atom. The maximum Gasteiger partial charge on any atom is 0.307 e. The molecule has 4 nitrogen and oxygen atoms in total. The van der Waals surface area contributed by atoms with Gasteiger partial charge in [0.1, 0.15) is 5.60 Å². The molecule has 2 rings (SSSR count). The fourth-order valence-corrected chi connectivity index (χ4v) is 3.88. The number of esters is 1. The lowest BCUT2D eigenvalue weighted by Gasteiger charge is -2.31. The third-order valence-corrected chi connectivity index (χ3v) is 4.94. The SMILES string of the molecule is CC(C)(C)OC(=O)CC(CC1CCCC1)C(=O)N1CCCCC1. The molecular weight excluding hydrogens is 290 g/mol. The molecular formula is C19H33NO3. The van der Waals surface area contributed by atoms with Crippen molar-refractivity contribution in [1.29, 1.82) is 0 Å². The molecule has 1 saturated carbocycles. The molecule has 0 aromatic heterocycles. The number of hydrogen-bond donors (Lipinski definition) is 0. The van der Waals surface area contributed by atoms with Crippen molar-refractivity contribution in [2.24, 2.45) is 11.8 Å². The van der Waals surface area contributed by atoms with Gasteiger partial charge in [0.15, 0.2) is 0 Å². The molecule has 0 aromatic rings. The summed E-state index contributed by atoms with van der Waals surface area (Å²) in [5, 5.41) is 0. The Morgan fingerprint density at radius 1 is 1.04 bits per heavy atom. The topological polar surface area (TPSA) is 46.6 Å². The van der Waals surface area contributed by atoms with Gasteiger partial charge in [0.2, 0.25) is 5.91 Å². The zero-order chi connectivity index (χ0) is 16.9. The lowest BCUT2D eigenvalue weighted by atomic mass is 9.89. The standard InChI is InChI=1S/C19H33NO3/c1-19(2,3)23-17(21)14-16(13-15-9-5-6-10-15)18(22)20-11-7-4-8-12-20/h15-16H,4-14H2,1-3H3. The molecule has 1 aliphatic heterocycles. The monoisotopic (exact) mass is 323 g/mol. The summed E-state index contributed by atoms with van der Waals surface area (Å²) >= 11 is 0. The molecule has 0 N–H and O–H groups in total. The maximum atomic E-state index is 12.9. The Labute approximate surface area is 140 Å². The van der Waals surface area contributed by atoms with Gasteiger partial charge in [-0.05, 0) is 52.4 Å². The first-order chi connectivity index (χ1) is 10.8. The first-order valence-electron chi connectivity index (χ1n) is 9.36. The van der Waals surface area contributed by atoms with Crippen LogP contribution >= 0.6 is 0 Å². The quantitative estimate of drug-likeness (QED) is 0.720. The number of ether oxygens (including phenoxy) is 1. The average Bonchev–Trinajstić information content (AvgIpc) is 2.98. The highest BCUT2D eigenvalue weighted by atomic mass is 16.6. The Morgan fingerprint density at radius 2 is 1.65 bits per heavy atom. The highest BCUT2D eigenvalue weighted by Gasteiger charge is 2.32. The number of piperidine rings is 1. The van der Waals surface area contributed by atoms with Crippen LogP contribution in [0, 0.1) is 11.8 Å². The van der Waals surface area contributed by atoms with E-state index in [9.17, 15) is 9.59 Å². The maximum absolute atomic E-state index is 12.9. The summed E-state index contributed by atoms with van der Waals surface area (Å²) in [6.45, 7) is 7.35. The fourth-order valence-electron chi connectivity index (χ4n) is 3.88. The summed E-state index contributed by atoms with van der Waals surface area (Å²) in [4.78, 5) is 27.1. The molecule has 0 aromatic carbocycles. The Kier molecular flexibility index (Phi) is 6.49. The molecule has 0 radical (unpaired) electrons. The van der Waals surface area contributed by atoms with Gasteiger partial charge in [-0.3, -0.25) is 9.59 Å². The van der Waals surface area contributed by atoms with Gasteiger partial charge >= 0.3 is 5.97 Å². The molecule has 2 aliphatic rings. The first-order valence-corrected chi connectivity index (χ1v) is 9.36. The van der Waals surface area contributed by atoms with E-state index < -0.39 is 5.60 Å². The molecule has 2 fully saturated rings. The summed E-state index contributed by atoms with van der Waals surface area (Å²) in [5.41, 5.74) is -0.483. The molecule has 1 aliphatic carbocycles. The molecule has 23 heavy (non-hydrogen) atoms. The molecule has 0 spiro atoms. The highest BCUT2D eigenvalue weighted by Crippen LogP contribution is 2.33. The summed E-state index contributed by atoms with van der Waals surface area (Å²) in [5.74, 6) is 0.371. The van der Waals surface area contributed by atoms with Crippen molar-refractivity contribution in [1.82, 2.24) is 4.90 Å². The fraction of sp³-hybridized carbons (Fsp3) is 0.895. The molecule has 1 unspecified atom stereocenters. The predicted octanol–water partition coefficient (Wildman–Crippen LogP) is 3.93. The summed E-state index contributed by atoms with van der Waals surface area (Å²) in [6, 6.07) is 0. The van der Waals surface area contributed by atoms with Gasteiger partial charge in [0.25, 0.3) is 0 Å². The van der Waals surface area contributed by atoms with E-state index in [4.69, 9.17) is 4.74 Å². The molecule has 1 atom stereocenters. The molecule has 4 heteroatoms. The molecule has 132 valence electrons. The van der Waals surface area contributed by atoms with Crippen molar-refractivity contribution in [2.45, 2.75) is 84.2 Å². The van der Waals surface area contributed by atoms with Crippen LogP contribution in [0.4, 0.5) is 0 Å². The largest absolute Gasteiger partial charge is 0.460 e. The molecule has 1 saturated heterocycles. The van der Waals surface area contributed by atoms with Crippen LogP contribution in [0.25, 0.3) is 0 Å². The Hall–Kier alpha value is -1.06. The van der Waals surface area contributed by atoms with Crippen LogP contribution in [0.15, 0.2) is 0 Å². The molecule has 0 bridgehead atoms. The van der Waals surface area contributed by atoms with Gasteiger partial charge in [-0.1, -0.05) is 25.7 Å². The van der Waals surface area contributed by atoms with E-state index in [1.54, 1.807) is 0 Å². The van der Waals surface area contributed by atoms with Crippen molar-refractivity contribution in [2.75, 3.05) is 13.1 Å². The van der Waals surface area contributed by atoms with Crippen LogP contribution in [0.1, 0.15) is 78.6 Å². The van der Waals surface area contributed by atoms with Gasteiger partial charge in [-0.2, -0.15) is 0 Å². The van der Waals surface area contributed by atoms with E-state index in [1.165, 1.54) is 32.1 Å². The number of nitrogens with zero attached hydrogens (tertiary/aromatic N) is 1. The third-order valence-electron chi connectivity index (χ3n) is 4.94. The lowest BCUT2D eigenvalue weighted by Crippen LogP contribution is -2.41. The zero-order valence-electron chi connectivity index (χ0n) is 15.1. The van der Waals surface area contributed by atoms with Crippen LogP contribution in [0.2, 0.25) is 0 Å². The average molecular weight is 323 g/mol. The minimum absolute atomic E-state index is 0.183. The van der Waals surface area contributed by atoms with Gasteiger partial charge in [0, 0.05) is 19.0 Å². The van der Waals surface area contributed by atoms with E-state index in [0.717, 1.165) is 32.4 Å². The van der Waals surface area contributed by atoms with E-state index in [2.05, 4.69) is 0 Å². The minimum Gasteiger partial charge on any atom is -0.460 e. The van der Waals surface area contributed by atoms with Crippen molar-refractivity contribution in [3.8, 4) is 0 Å². The lowest BCUT2D eigenvalue weighted by molar-refractivity contribution is -0.159. The smallest absolute Gasteiger partial charge is 0.307 e. The van der Waals surface area contributed by atoms with Crippen molar-refractivity contribution in [3.05, 3.63) is 0 Å². The van der Waals surface area contributed by atoms with Gasteiger partial charge in [-0.25, -0.2) is 0 Å². The molecule has 1 amide bonds. The van der Waals surface area contributed by atoms with E-state index in [1.807, 2.05) is 25.7 Å². The number of carbonyl (C=O) groups is 2. The van der Waals surface area contributed by atoms with Crippen LogP contribution < -0.4 is 0 Å². The molecule has 1 heterocycles. The number of likely N-dealkylation sites (tertiary alicyclic amines) is 1. The van der Waals surface area contributed by atoms with Gasteiger partial charge in [-0.15, -0.1) is 0 Å². The van der Waals surface area contributed by atoms with E-state index in [-0.39, 0.29) is 24.2 Å². The third kappa shape index (κ3) is 6.15. The number of amides is 1. The van der Waals surface area contributed by atoms with Crippen LogP contribution in [-0.2, 0) is 14.3 Å². The predicted molar refractivity (Wildman–Crippen MR) is 91.0 cm³/mol. The van der Waals surface area contributed by atoms with Crippen LogP contribution in [0.3, 0.4) is 0 Å². The van der Waals surface area contributed by atoms with E-state index >= 15 is 0 Å². The normalized spacial score (nSPS) is 21.3.